The summed E-state index contributed by atoms with van der Waals surface area (Å²) in [6.07, 6.45) is -1.03. The summed E-state index contributed by atoms with van der Waals surface area (Å²) in [4.78, 5) is 0. The lowest BCUT2D eigenvalue weighted by molar-refractivity contribution is 0.373. The molecule has 13 heavy (non-hydrogen) atoms. The van der Waals surface area contributed by atoms with Crippen LogP contribution in [-0.2, 0) is 0 Å². The average Bonchev–Trinajstić information content (AvgIpc) is 2.04. The summed E-state index contributed by atoms with van der Waals surface area (Å²) in [5, 5.41) is 9.38. The Morgan fingerprint density at radius 3 is 2.46 bits per heavy atom. The molecule has 1 aromatic rings. The van der Waals surface area contributed by atoms with Gasteiger partial charge in [0, 0.05) is 11.6 Å². The maximum absolute atomic E-state index is 12.9. The first kappa shape index (κ1) is 9.99. The van der Waals surface area contributed by atoms with E-state index in [1.165, 1.54) is 13.0 Å². The third-order valence-electron chi connectivity index (χ3n) is 2.00. The molecule has 0 aliphatic carbocycles. The molecule has 1 aromatic carbocycles. The number of phenolic OH excluding ortho intramolecular Hbond substituents is 1. The van der Waals surface area contributed by atoms with Gasteiger partial charge in [-0.05, 0) is 31.5 Å². The van der Waals surface area contributed by atoms with Gasteiger partial charge in [0.1, 0.15) is 11.9 Å². The van der Waals surface area contributed by atoms with Crippen LogP contribution in [0.4, 0.5) is 4.39 Å². The van der Waals surface area contributed by atoms with E-state index in [2.05, 4.69) is 0 Å². The number of phenols is 1. The minimum atomic E-state index is -1.03. The number of nitrogens with two attached hydrogens (primary N) is 1. The van der Waals surface area contributed by atoms with Crippen LogP contribution in [-0.4, -0.2) is 5.11 Å². The standard InChI is InChI=1S/C10H14FNO/c1-6(11)8-3-4-10(13)9(5-8)7(2)12/h3-7,13H,12H2,1-2H3. The van der Waals surface area contributed by atoms with Crippen LogP contribution in [0.5, 0.6) is 5.75 Å². The molecule has 0 bridgehead atoms. The first-order valence-electron chi connectivity index (χ1n) is 4.25. The molecular weight excluding hydrogens is 169 g/mol. The smallest absolute Gasteiger partial charge is 0.122 e. The van der Waals surface area contributed by atoms with E-state index in [1.807, 2.05) is 0 Å². The van der Waals surface area contributed by atoms with Crippen LogP contribution < -0.4 is 5.73 Å². The SMILES string of the molecule is CC(N)c1cc(C(C)F)ccc1O. The van der Waals surface area contributed by atoms with E-state index >= 15 is 0 Å². The van der Waals surface area contributed by atoms with E-state index in [-0.39, 0.29) is 11.8 Å². The predicted octanol–water partition coefficient (Wildman–Crippen LogP) is 2.44. The van der Waals surface area contributed by atoms with Gasteiger partial charge in [-0.2, -0.15) is 0 Å². The van der Waals surface area contributed by atoms with Crippen LogP contribution >= 0.6 is 0 Å². The minimum Gasteiger partial charge on any atom is -0.508 e. The van der Waals surface area contributed by atoms with Crippen molar-refractivity contribution in [2.75, 3.05) is 0 Å². The summed E-state index contributed by atoms with van der Waals surface area (Å²) in [6, 6.07) is 4.36. The van der Waals surface area contributed by atoms with E-state index < -0.39 is 6.17 Å². The van der Waals surface area contributed by atoms with Crippen LogP contribution in [0.25, 0.3) is 0 Å². The van der Waals surface area contributed by atoms with Crippen LogP contribution in [0.1, 0.15) is 37.2 Å². The van der Waals surface area contributed by atoms with E-state index in [0.717, 1.165) is 0 Å². The number of alkyl halides is 1. The predicted molar refractivity (Wildman–Crippen MR) is 50.2 cm³/mol. The molecule has 0 amide bonds. The third-order valence-corrected chi connectivity index (χ3v) is 2.00. The van der Waals surface area contributed by atoms with Crippen molar-refractivity contribution < 1.29 is 9.50 Å². The Labute approximate surface area is 77.2 Å². The Balaban J connectivity index is 3.11. The topological polar surface area (TPSA) is 46.2 Å². The summed E-state index contributed by atoms with van der Waals surface area (Å²) in [7, 11) is 0. The monoisotopic (exact) mass is 183 g/mol. The number of hydrogen-bond donors (Lipinski definition) is 2. The minimum absolute atomic E-state index is 0.124. The highest BCUT2D eigenvalue weighted by molar-refractivity contribution is 5.38. The number of rotatable bonds is 2. The first-order valence-corrected chi connectivity index (χ1v) is 4.25. The Morgan fingerprint density at radius 1 is 1.38 bits per heavy atom. The highest BCUT2D eigenvalue weighted by Gasteiger charge is 2.09. The molecular formula is C10H14FNO. The van der Waals surface area contributed by atoms with Gasteiger partial charge >= 0.3 is 0 Å². The Kier molecular flexibility index (Phi) is 2.88. The number of benzene rings is 1. The molecule has 2 nitrogen and oxygen atoms in total. The van der Waals surface area contributed by atoms with Crippen LogP contribution in [0.3, 0.4) is 0 Å². The lowest BCUT2D eigenvalue weighted by atomic mass is 10.0. The normalized spacial score (nSPS) is 15.4. The Bertz CT molecular complexity index is 297. The quantitative estimate of drug-likeness (QED) is 0.739. The third kappa shape index (κ3) is 2.18. The van der Waals surface area contributed by atoms with Gasteiger partial charge < -0.3 is 10.8 Å². The van der Waals surface area contributed by atoms with Crippen molar-refractivity contribution in [3.05, 3.63) is 29.3 Å². The second kappa shape index (κ2) is 3.75. The molecule has 0 aliphatic heterocycles. The van der Waals surface area contributed by atoms with Crippen LogP contribution in [0.15, 0.2) is 18.2 Å². The van der Waals surface area contributed by atoms with Crippen molar-refractivity contribution in [2.45, 2.75) is 26.1 Å². The van der Waals surface area contributed by atoms with Gasteiger partial charge in [-0.3, -0.25) is 0 Å². The van der Waals surface area contributed by atoms with Gasteiger partial charge in [-0.15, -0.1) is 0 Å². The van der Waals surface area contributed by atoms with E-state index in [1.54, 1.807) is 19.1 Å². The highest BCUT2D eigenvalue weighted by Crippen LogP contribution is 2.27. The summed E-state index contributed by atoms with van der Waals surface area (Å²) in [5.74, 6) is 0.124. The van der Waals surface area contributed by atoms with Crippen molar-refractivity contribution in [2.24, 2.45) is 5.73 Å². The van der Waals surface area contributed by atoms with Crippen molar-refractivity contribution in [3.63, 3.8) is 0 Å². The molecule has 3 heteroatoms. The number of hydrogen-bond acceptors (Lipinski definition) is 2. The molecule has 1 rings (SSSR count). The molecule has 0 aromatic heterocycles. The van der Waals surface area contributed by atoms with Gasteiger partial charge in [-0.1, -0.05) is 6.07 Å². The maximum atomic E-state index is 12.9. The van der Waals surface area contributed by atoms with Crippen molar-refractivity contribution in [3.8, 4) is 5.75 Å². The van der Waals surface area contributed by atoms with E-state index in [4.69, 9.17) is 5.73 Å². The summed E-state index contributed by atoms with van der Waals surface area (Å²) >= 11 is 0. The van der Waals surface area contributed by atoms with E-state index in [9.17, 15) is 9.50 Å². The second-order valence-electron chi connectivity index (χ2n) is 3.22. The Morgan fingerprint density at radius 2 is 2.00 bits per heavy atom. The zero-order valence-corrected chi connectivity index (χ0v) is 7.79. The van der Waals surface area contributed by atoms with Crippen LogP contribution in [0, 0.1) is 0 Å². The second-order valence-corrected chi connectivity index (χ2v) is 3.22. The fraction of sp³-hybridized carbons (Fsp3) is 0.400. The molecule has 72 valence electrons. The fourth-order valence-corrected chi connectivity index (χ4v) is 1.19. The summed E-state index contributed by atoms with van der Waals surface area (Å²) in [6.45, 7) is 3.21. The molecule has 2 unspecified atom stereocenters. The lowest BCUT2D eigenvalue weighted by Gasteiger charge is -2.11. The molecule has 2 atom stereocenters. The Hall–Kier alpha value is -1.09. The number of aromatic hydroxyl groups is 1. The molecule has 0 heterocycles. The van der Waals surface area contributed by atoms with Crippen molar-refractivity contribution in [1.82, 2.24) is 0 Å². The van der Waals surface area contributed by atoms with Crippen LogP contribution in [0.2, 0.25) is 0 Å². The maximum Gasteiger partial charge on any atom is 0.122 e. The van der Waals surface area contributed by atoms with Gasteiger partial charge in [0.2, 0.25) is 0 Å². The van der Waals surface area contributed by atoms with Gasteiger partial charge in [-0.25, -0.2) is 4.39 Å². The van der Waals surface area contributed by atoms with Crippen molar-refractivity contribution >= 4 is 0 Å². The number of halogens is 1. The van der Waals surface area contributed by atoms with Crippen molar-refractivity contribution in [1.29, 1.82) is 0 Å². The lowest BCUT2D eigenvalue weighted by Crippen LogP contribution is -2.05. The molecule has 0 fully saturated rings. The zero-order chi connectivity index (χ0) is 10.0. The summed E-state index contributed by atoms with van der Waals surface area (Å²) < 4.78 is 12.9. The largest absolute Gasteiger partial charge is 0.508 e. The zero-order valence-electron chi connectivity index (χ0n) is 7.79. The molecule has 0 aliphatic rings. The molecule has 0 radical (unpaired) electrons. The molecule has 3 N–H and O–H groups in total. The first-order chi connectivity index (χ1) is 6.02. The molecule has 0 saturated heterocycles. The van der Waals surface area contributed by atoms with Gasteiger partial charge in [0.05, 0.1) is 0 Å². The summed E-state index contributed by atoms with van der Waals surface area (Å²) in [5.41, 5.74) is 6.73. The molecule has 0 saturated carbocycles. The van der Waals surface area contributed by atoms with Gasteiger partial charge in [0.15, 0.2) is 0 Å². The molecule has 0 spiro atoms. The fourth-order valence-electron chi connectivity index (χ4n) is 1.19. The van der Waals surface area contributed by atoms with Gasteiger partial charge in [0.25, 0.3) is 0 Å². The average molecular weight is 183 g/mol. The highest BCUT2D eigenvalue weighted by atomic mass is 19.1. The van der Waals surface area contributed by atoms with E-state index in [0.29, 0.717) is 11.1 Å².